The van der Waals surface area contributed by atoms with Crippen LogP contribution >= 0.6 is 11.6 Å². The van der Waals surface area contributed by atoms with Crippen LogP contribution in [0.4, 0.5) is 10.1 Å². The van der Waals surface area contributed by atoms with Gasteiger partial charge >= 0.3 is 0 Å². The molecule has 9 nitrogen and oxygen atoms in total. The number of amides is 2. The van der Waals surface area contributed by atoms with Crippen LogP contribution in [0, 0.1) is 5.82 Å². The summed E-state index contributed by atoms with van der Waals surface area (Å²) in [5.41, 5.74) is 1.53. The number of benzene rings is 4. The highest BCUT2D eigenvalue weighted by Crippen LogP contribution is 2.32. The molecular formula is C34H35ClFN3O6S. The topological polar surface area (TPSA) is 105 Å². The molecule has 1 N–H and O–H groups in total. The van der Waals surface area contributed by atoms with E-state index in [0.29, 0.717) is 22.9 Å². The second-order valence-corrected chi connectivity index (χ2v) is 12.6. The molecule has 0 saturated carbocycles. The van der Waals surface area contributed by atoms with Gasteiger partial charge in [-0.25, -0.2) is 12.8 Å². The summed E-state index contributed by atoms with van der Waals surface area (Å²) in [5, 5.41) is 3.31. The van der Waals surface area contributed by atoms with Gasteiger partial charge in [-0.05, 0) is 66.6 Å². The predicted molar refractivity (Wildman–Crippen MR) is 175 cm³/mol. The maximum atomic E-state index is 14.4. The third-order valence-electron chi connectivity index (χ3n) is 7.22. The largest absolute Gasteiger partial charge is 0.493 e. The molecule has 0 aliphatic rings. The monoisotopic (exact) mass is 667 g/mol. The molecule has 0 aliphatic carbocycles. The van der Waals surface area contributed by atoms with E-state index in [2.05, 4.69) is 5.32 Å². The molecule has 0 saturated heterocycles. The van der Waals surface area contributed by atoms with Gasteiger partial charge in [0.05, 0.1) is 24.8 Å². The van der Waals surface area contributed by atoms with Crippen molar-refractivity contribution >= 4 is 39.1 Å². The zero-order chi connectivity index (χ0) is 33.3. The van der Waals surface area contributed by atoms with E-state index in [0.717, 1.165) is 22.0 Å². The average molecular weight is 668 g/mol. The Labute approximate surface area is 273 Å². The van der Waals surface area contributed by atoms with Crippen molar-refractivity contribution < 1.29 is 31.9 Å². The molecule has 2 amide bonds. The van der Waals surface area contributed by atoms with Gasteiger partial charge in [0, 0.05) is 30.6 Å². The first kappa shape index (κ1) is 34.3. The van der Waals surface area contributed by atoms with Crippen LogP contribution in [0.1, 0.15) is 18.1 Å². The van der Waals surface area contributed by atoms with Crippen molar-refractivity contribution in [3.05, 3.63) is 119 Å². The number of carbonyl (C=O) groups is 2. The van der Waals surface area contributed by atoms with E-state index >= 15 is 0 Å². The smallest absolute Gasteiger partial charge is 0.264 e. The first-order valence-corrected chi connectivity index (χ1v) is 16.2. The Morgan fingerprint density at radius 3 is 2.13 bits per heavy atom. The number of ether oxygens (including phenoxy) is 2. The van der Waals surface area contributed by atoms with Gasteiger partial charge in [0.1, 0.15) is 18.4 Å². The maximum absolute atomic E-state index is 14.4. The second-order valence-electron chi connectivity index (χ2n) is 10.3. The number of halogens is 2. The first-order valence-electron chi connectivity index (χ1n) is 14.4. The number of hydrogen-bond donors (Lipinski definition) is 1. The van der Waals surface area contributed by atoms with Crippen LogP contribution in [0.2, 0.25) is 5.02 Å². The Balaban J connectivity index is 1.81. The van der Waals surface area contributed by atoms with Crippen molar-refractivity contribution in [2.24, 2.45) is 0 Å². The summed E-state index contributed by atoms with van der Waals surface area (Å²) in [7, 11) is -1.64. The standard InChI is InChI=1S/C34H35ClFN3O6S/c1-4-37-34(41)30(20-24-8-6-5-7-9-24)38(22-25-10-12-26(35)13-11-25)33(40)23-39(28-16-14-27(36)15-17-28)46(42,43)29-18-19-31(44-2)32(21-29)45-3/h5-19,21,30H,4,20,22-23H2,1-3H3,(H,37,41)/t30-/m0/s1. The van der Waals surface area contributed by atoms with Gasteiger partial charge in [-0.15, -0.1) is 0 Å². The summed E-state index contributed by atoms with van der Waals surface area (Å²) >= 11 is 6.11. The molecule has 242 valence electrons. The van der Waals surface area contributed by atoms with E-state index in [1.54, 1.807) is 31.2 Å². The van der Waals surface area contributed by atoms with Crippen LogP contribution in [-0.4, -0.2) is 58.5 Å². The van der Waals surface area contributed by atoms with Gasteiger partial charge < -0.3 is 19.7 Å². The van der Waals surface area contributed by atoms with E-state index in [1.165, 1.54) is 49.5 Å². The predicted octanol–water partition coefficient (Wildman–Crippen LogP) is 5.47. The molecule has 0 heterocycles. The van der Waals surface area contributed by atoms with Crippen LogP contribution in [0.25, 0.3) is 0 Å². The fourth-order valence-corrected chi connectivity index (χ4v) is 6.43. The zero-order valence-electron chi connectivity index (χ0n) is 25.7. The van der Waals surface area contributed by atoms with Crippen molar-refractivity contribution in [1.82, 2.24) is 10.2 Å². The normalized spacial score (nSPS) is 11.8. The third-order valence-corrected chi connectivity index (χ3v) is 9.25. The van der Waals surface area contributed by atoms with Crippen molar-refractivity contribution in [3.8, 4) is 11.5 Å². The fourth-order valence-electron chi connectivity index (χ4n) is 4.87. The van der Waals surface area contributed by atoms with Crippen molar-refractivity contribution in [2.75, 3.05) is 31.6 Å². The van der Waals surface area contributed by atoms with Gasteiger partial charge in [0.2, 0.25) is 11.8 Å². The Bertz CT molecular complexity index is 1740. The van der Waals surface area contributed by atoms with Crippen molar-refractivity contribution in [3.63, 3.8) is 0 Å². The van der Waals surface area contributed by atoms with E-state index in [1.807, 2.05) is 30.3 Å². The lowest BCUT2D eigenvalue weighted by molar-refractivity contribution is -0.140. The van der Waals surface area contributed by atoms with E-state index < -0.39 is 40.2 Å². The Hall–Kier alpha value is -4.61. The number of nitrogens with one attached hydrogen (secondary N) is 1. The number of sulfonamides is 1. The Morgan fingerprint density at radius 1 is 0.870 bits per heavy atom. The Kier molecular flexibility index (Phi) is 11.6. The number of methoxy groups -OCH3 is 2. The molecule has 0 aromatic heterocycles. The molecule has 4 rings (SSSR count). The molecule has 0 bridgehead atoms. The van der Waals surface area contributed by atoms with Crippen LogP contribution in [-0.2, 0) is 32.6 Å². The molecule has 0 spiro atoms. The number of rotatable bonds is 14. The lowest BCUT2D eigenvalue weighted by Gasteiger charge is -2.34. The van der Waals surface area contributed by atoms with Crippen LogP contribution in [0.3, 0.4) is 0 Å². The van der Waals surface area contributed by atoms with Gasteiger partial charge in [0.25, 0.3) is 10.0 Å². The molecule has 0 unspecified atom stereocenters. The summed E-state index contributed by atoms with van der Waals surface area (Å²) < 4.78 is 53.8. The molecular weight excluding hydrogens is 633 g/mol. The number of likely N-dealkylation sites (N-methyl/N-ethyl adjacent to an activating group) is 1. The fraction of sp³-hybridized carbons (Fsp3) is 0.235. The lowest BCUT2D eigenvalue weighted by atomic mass is 10.0. The highest BCUT2D eigenvalue weighted by Gasteiger charge is 2.35. The highest BCUT2D eigenvalue weighted by atomic mass is 35.5. The molecule has 4 aromatic rings. The summed E-state index contributed by atoms with van der Waals surface area (Å²) in [4.78, 5) is 29.1. The van der Waals surface area contributed by atoms with Crippen molar-refractivity contribution in [1.29, 1.82) is 0 Å². The minimum atomic E-state index is -4.44. The summed E-state index contributed by atoms with van der Waals surface area (Å²) in [5.74, 6) is -1.16. The minimum Gasteiger partial charge on any atom is -0.493 e. The summed E-state index contributed by atoms with van der Waals surface area (Å²) in [6, 6.07) is 23.8. The molecule has 1 atom stereocenters. The molecule has 0 aliphatic heterocycles. The third kappa shape index (κ3) is 8.35. The van der Waals surface area contributed by atoms with E-state index in [4.69, 9.17) is 21.1 Å². The van der Waals surface area contributed by atoms with Crippen LogP contribution in [0.5, 0.6) is 11.5 Å². The number of carbonyl (C=O) groups excluding carboxylic acids is 2. The van der Waals surface area contributed by atoms with Gasteiger partial charge in [-0.1, -0.05) is 54.1 Å². The SMILES string of the molecule is CCNC(=O)[C@H](Cc1ccccc1)N(Cc1ccc(Cl)cc1)C(=O)CN(c1ccc(F)cc1)S(=O)(=O)c1ccc(OC)c(OC)c1. The van der Waals surface area contributed by atoms with E-state index in [-0.39, 0.29) is 29.3 Å². The van der Waals surface area contributed by atoms with Gasteiger partial charge in [0.15, 0.2) is 11.5 Å². The number of anilines is 1. The van der Waals surface area contributed by atoms with E-state index in [9.17, 15) is 22.4 Å². The summed E-state index contributed by atoms with van der Waals surface area (Å²) in [6.45, 7) is 1.39. The molecule has 46 heavy (non-hydrogen) atoms. The lowest BCUT2D eigenvalue weighted by Crippen LogP contribution is -2.53. The zero-order valence-corrected chi connectivity index (χ0v) is 27.2. The Morgan fingerprint density at radius 2 is 1.52 bits per heavy atom. The van der Waals surface area contributed by atoms with Crippen LogP contribution < -0.4 is 19.1 Å². The summed E-state index contributed by atoms with van der Waals surface area (Å²) in [6.07, 6.45) is 0.172. The number of nitrogens with zero attached hydrogens (tertiary/aromatic N) is 2. The van der Waals surface area contributed by atoms with Crippen molar-refractivity contribution in [2.45, 2.75) is 30.8 Å². The molecule has 0 fully saturated rings. The maximum Gasteiger partial charge on any atom is 0.264 e. The first-order chi connectivity index (χ1) is 22.1. The quantitative estimate of drug-likeness (QED) is 0.191. The molecule has 4 aromatic carbocycles. The van der Waals surface area contributed by atoms with Gasteiger partial charge in [-0.2, -0.15) is 0 Å². The molecule has 12 heteroatoms. The highest BCUT2D eigenvalue weighted by molar-refractivity contribution is 7.92. The average Bonchev–Trinajstić information content (AvgIpc) is 3.06. The molecule has 0 radical (unpaired) electrons. The van der Waals surface area contributed by atoms with Gasteiger partial charge in [-0.3, -0.25) is 13.9 Å². The minimum absolute atomic E-state index is 0.0156. The second kappa shape index (κ2) is 15.6. The van der Waals surface area contributed by atoms with Crippen LogP contribution in [0.15, 0.2) is 102 Å². The number of hydrogen-bond acceptors (Lipinski definition) is 6.